The second-order valence-electron chi connectivity index (χ2n) is 7.55. The highest BCUT2D eigenvalue weighted by Crippen LogP contribution is 2.36. The van der Waals surface area contributed by atoms with Gasteiger partial charge >= 0.3 is 6.18 Å². The van der Waals surface area contributed by atoms with Gasteiger partial charge in [-0.1, -0.05) is 45.0 Å². The van der Waals surface area contributed by atoms with Crippen molar-refractivity contribution in [2.45, 2.75) is 46.2 Å². The van der Waals surface area contributed by atoms with Crippen LogP contribution in [0.5, 0.6) is 0 Å². The summed E-state index contributed by atoms with van der Waals surface area (Å²) in [5.41, 5.74) is 0.528. The van der Waals surface area contributed by atoms with E-state index in [1.165, 1.54) is 24.4 Å². The molecule has 3 aromatic rings. The summed E-state index contributed by atoms with van der Waals surface area (Å²) in [5.74, 6) is 0.970. The number of nitrogens with one attached hydrogen (secondary N) is 1. The van der Waals surface area contributed by atoms with Gasteiger partial charge in [0, 0.05) is 23.7 Å². The van der Waals surface area contributed by atoms with Crippen LogP contribution in [0.25, 0.3) is 22.3 Å². The van der Waals surface area contributed by atoms with Gasteiger partial charge in [0.05, 0.1) is 16.5 Å². The Balaban J connectivity index is 2.05. The average Bonchev–Trinajstić information content (AvgIpc) is 2.76. The molecular weight excluding hydrogens is 415 g/mol. The molecule has 1 unspecified atom stereocenters. The lowest BCUT2D eigenvalue weighted by atomic mass is 9.96. The van der Waals surface area contributed by atoms with E-state index >= 15 is 0 Å². The molecule has 32 heavy (non-hydrogen) atoms. The number of aromatic nitrogens is 3. The predicted molar refractivity (Wildman–Crippen MR) is 122 cm³/mol. The Bertz CT molecular complexity index is 1140. The van der Waals surface area contributed by atoms with Gasteiger partial charge in [0.2, 0.25) is 0 Å². The summed E-state index contributed by atoms with van der Waals surface area (Å²) in [6.45, 7) is 10.2. The fourth-order valence-electron chi connectivity index (χ4n) is 3.64. The van der Waals surface area contributed by atoms with Gasteiger partial charge < -0.3 is 5.32 Å². The molecule has 1 aromatic carbocycles. The molecule has 0 saturated carbocycles. The van der Waals surface area contributed by atoms with Crippen molar-refractivity contribution in [3.63, 3.8) is 0 Å². The van der Waals surface area contributed by atoms with Crippen molar-refractivity contribution < 1.29 is 13.2 Å². The quantitative estimate of drug-likeness (QED) is 0.387. The third-order valence-electron chi connectivity index (χ3n) is 5.27. The number of benzene rings is 1. The highest BCUT2D eigenvalue weighted by atomic mass is 19.4. The van der Waals surface area contributed by atoms with E-state index in [2.05, 4.69) is 45.7 Å². The van der Waals surface area contributed by atoms with Gasteiger partial charge in [-0.25, -0.2) is 15.0 Å². The van der Waals surface area contributed by atoms with Gasteiger partial charge in [-0.15, -0.1) is 0 Å². The van der Waals surface area contributed by atoms with Gasteiger partial charge in [-0.05, 0) is 37.8 Å². The van der Waals surface area contributed by atoms with E-state index in [1.807, 2.05) is 6.92 Å². The van der Waals surface area contributed by atoms with Crippen LogP contribution in [-0.4, -0.2) is 20.7 Å². The van der Waals surface area contributed by atoms with Gasteiger partial charge in [-0.2, -0.15) is 13.2 Å². The maximum atomic E-state index is 13.6. The summed E-state index contributed by atoms with van der Waals surface area (Å²) in [7, 11) is 0. The van der Waals surface area contributed by atoms with E-state index < -0.39 is 11.7 Å². The number of pyridine rings is 1. The van der Waals surface area contributed by atoms with Crippen LogP contribution in [0.3, 0.4) is 0 Å². The second kappa shape index (κ2) is 9.89. The normalized spacial score (nSPS) is 13.2. The standard InChI is InChI=1S/C24H26F3N5/c1-5-9-17(6-2)15(3)29-16(4)30-23-19-14-28-13-12-21(19)31-22(32-23)18-10-7-8-11-20(18)24(25,26)27/h7-8,10-14,17H,4-6,9H2,1-3H3,(H,30,31,32). The lowest BCUT2D eigenvalue weighted by Crippen LogP contribution is -2.12. The molecule has 5 nitrogen and oxygen atoms in total. The number of aliphatic imine (C=N–C) groups is 1. The third kappa shape index (κ3) is 5.30. The van der Waals surface area contributed by atoms with Gasteiger partial charge in [0.25, 0.3) is 0 Å². The number of hydrogen-bond donors (Lipinski definition) is 1. The summed E-state index contributed by atoms with van der Waals surface area (Å²) >= 11 is 0. The average molecular weight is 442 g/mol. The summed E-state index contributed by atoms with van der Waals surface area (Å²) in [4.78, 5) is 17.4. The Morgan fingerprint density at radius 1 is 1.16 bits per heavy atom. The number of hydrogen-bond acceptors (Lipinski definition) is 5. The predicted octanol–water partition coefficient (Wildman–Crippen LogP) is 6.88. The monoisotopic (exact) mass is 441 g/mol. The largest absolute Gasteiger partial charge is 0.417 e. The molecule has 0 aliphatic heterocycles. The van der Waals surface area contributed by atoms with Crippen molar-refractivity contribution in [1.82, 2.24) is 15.0 Å². The van der Waals surface area contributed by atoms with Crippen LogP contribution < -0.4 is 5.32 Å². The van der Waals surface area contributed by atoms with Crippen LogP contribution in [0.2, 0.25) is 0 Å². The lowest BCUT2D eigenvalue weighted by molar-refractivity contribution is -0.137. The minimum atomic E-state index is -4.53. The summed E-state index contributed by atoms with van der Waals surface area (Å²) in [5, 5.41) is 3.62. The van der Waals surface area contributed by atoms with Crippen LogP contribution in [0.1, 0.15) is 45.6 Å². The highest BCUT2D eigenvalue weighted by Gasteiger charge is 2.34. The number of halogens is 3. The zero-order valence-corrected chi connectivity index (χ0v) is 18.4. The first-order chi connectivity index (χ1) is 15.2. The van der Waals surface area contributed by atoms with Crippen LogP contribution in [0.15, 0.2) is 60.1 Å². The van der Waals surface area contributed by atoms with E-state index in [1.54, 1.807) is 12.3 Å². The van der Waals surface area contributed by atoms with E-state index in [4.69, 9.17) is 0 Å². The molecule has 1 N–H and O–H groups in total. The highest BCUT2D eigenvalue weighted by molar-refractivity contribution is 5.91. The minimum absolute atomic E-state index is 0.0370. The van der Waals surface area contributed by atoms with Crippen molar-refractivity contribution in [1.29, 1.82) is 0 Å². The van der Waals surface area contributed by atoms with Crippen LogP contribution >= 0.6 is 0 Å². The van der Waals surface area contributed by atoms with E-state index in [0.717, 1.165) is 31.0 Å². The molecule has 0 bridgehead atoms. The number of anilines is 1. The SMILES string of the molecule is C=C(N=C(C)C(CC)CCC)Nc1nc(-c2ccccc2C(F)(F)F)nc2ccncc12. The molecule has 2 heterocycles. The van der Waals surface area contributed by atoms with Gasteiger partial charge in [0.15, 0.2) is 5.82 Å². The van der Waals surface area contributed by atoms with E-state index in [9.17, 15) is 13.2 Å². The summed E-state index contributed by atoms with van der Waals surface area (Å²) in [6, 6.07) is 6.89. The Kier molecular flexibility index (Phi) is 7.22. The van der Waals surface area contributed by atoms with Gasteiger partial charge in [-0.3, -0.25) is 4.98 Å². The number of alkyl halides is 3. The summed E-state index contributed by atoms with van der Waals surface area (Å²) in [6.07, 6.45) is 1.61. The molecule has 0 amide bonds. The minimum Gasteiger partial charge on any atom is -0.325 e. The zero-order chi connectivity index (χ0) is 23.3. The second-order valence-corrected chi connectivity index (χ2v) is 7.55. The molecule has 0 aliphatic carbocycles. The van der Waals surface area contributed by atoms with Crippen molar-refractivity contribution in [2.75, 3.05) is 5.32 Å². The lowest BCUT2D eigenvalue weighted by Gasteiger charge is -2.16. The van der Waals surface area contributed by atoms with Gasteiger partial charge in [0.1, 0.15) is 11.6 Å². The molecular formula is C24H26F3N5. The van der Waals surface area contributed by atoms with E-state index in [0.29, 0.717) is 28.5 Å². The zero-order valence-electron chi connectivity index (χ0n) is 18.4. The molecule has 1 atom stereocenters. The third-order valence-corrected chi connectivity index (χ3v) is 5.27. The van der Waals surface area contributed by atoms with Crippen molar-refractivity contribution in [2.24, 2.45) is 10.9 Å². The molecule has 3 rings (SSSR count). The smallest absolute Gasteiger partial charge is 0.325 e. The van der Waals surface area contributed by atoms with Crippen molar-refractivity contribution in [3.8, 4) is 11.4 Å². The Morgan fingerprint density at radius 3 is 2.59 bits per heavy atom. The van der Waals surface area contributed by atoms with Crippen LogP contribution in [0, 0.1) is 5.92 Å². The van der Waals surface area contributed by atoms with E-state index in [-0.39, 0.29) is 11.4 Å². The first kappa shape index (κ1) is 23.4. The van der Waals surface area contributed by atoms with Crippen molar-refractivity contribution in [3.05, 3.63) is 60.7 Å². The van der Waals surface area contributed by atoms with Crippen LogP contribution in [0.4, 0.5) is 19.0 Å². The number of rotatable bonds is 8. The maximum absolute atomic E-state index is 13.6. The molecule has 168 valence electrons. The molecule has 2 aromatic heterocycles. The first-order valence-electron chi connectivity index (χ1n) is 10.5. The molecule has 8 heteroatoms. The fourth-order valence-corrected chi connectivity index (χ4v) is 3.64. The number of fused-ring (bicyclic) bond motifs is 1. The first-order valence-corrected chi connectivity index (χ1v) is 10.5. The maximum Gasteiger partial charge on any atom is 0.417 e. The number of nitrogens with zero attached hydrogens (tertiary/aromatic N) is 4. The molecule has 0 saturated heterocycles. The van der Waals surface area contributed by atoms with Crippen molar-refractivity contribution >= 4 is 22.4 Å². The topological polar surface area (TPSA) is 63.1 Å². The molecule has 0 aliphatic rings. The molecule has 0 radical (unpaired) electrons. The van der Waals surface area contributed by atoms with Crippen LogP contribution in [-0.2, 0) is 6.18 Å². The molecule has 0 spiro atoms. The Labute approximate surface area is 185 Å². The Morgan fingerprint density at radius 2 is 1.91 bits per heavy atom. The summed E-state index contributed by atoms with van der Waals surface area (Å²) < 4.78 is 40.7. The molecule has 0 fully saturated rings. The fraction of sp³-hybridized carbons (Fsp3) is 0.333. The Hall–Kier alpha value is -3.29.